The second-order valence-corrected chi connectivity index (χ2v) is 5.65. The van der Waals surface area contributed by atoms with Crippen molar-refractivity contribution in [1.82, 2.24) is 5.32 Å². The molecule has 1 aromatic carbocycles. The molecular weight excluding hydrogens is 288 g/mol. The Morgan fingerprint density at radius 1 is 1.33 bits per heavy atom. The monoisotopic (exact) mass is 310 g/mol. The largest absolute Gasteiger partial charge is 0.375 e. The lowest BCUT2D eigenvalue weighted by atomic mass is 9.90. The number of rotatable bonds is 2. The lowest BCUT2D eigenvalue weighted by Gasteiger charge is -2.30. The van der Waals surface area contributed by atoms with E-state index in [0.717, 1.165) is 25.1 Å². The van der Waals surface area contributed by atoms with Gasteiger partial charge in [-0.2, -0.15) is 0 Å². The smallest absolute Gasteiger partial charge is 0.244 e. The average molecular weight is 311 g/mol. The van der Waals surface area contributed by atoms with Gasteiger partial charge in [0, 0.05) is 12.2 Å². The van der Waals surface area contributed by atoms with E-state index in [0.29, 0.717) is 6.61 Å². The van der Waals surface area contributed by atoms with Crippen molar-refractivity contribution in [1.29, 1.82) is 0 Å². The molecule has 0 spiro atoms. The summed E-state index contributed by atoms with van der Waals surface area (Å²) in [4.78, 5) is 12.4. The number of carbonyl (C=O) groups is 1. The molecule has 1 aromatic rings. The first-order chi connectivity index (χ1) is 9.75. The van der Waals surface area contributed by atoms with E-state index in [9.17, 15) is 4.79 Å². The molecule has 2 N–H and O–H groups in total. The maximum Gasteiger partial charge on any atom is 0.244 e. The summed E-state index contributed by atoms with van der Waals surface area (Å²) in [7, 11) is 0. The van der Waals surface area contributed by atoms with Crippen LogP contribution in [-0.2, 0) is 22.4 Å². The first-order valence-corrected chi connectivity index (χ1v) is 7.52. The van der Waals surface area contributed by atoms with E-state index in [4.69, 9.17) is 4.74 Å². The highest BCUT2D eigenvalue weighted by Gasteiger charge is 2.28. The Labute approximate surface area is 132 Å². The second kappa shape index (κ2) is 7.25. The van der Waals surface area contributed by atoms with Gasteiger partial charge in [-0.05, 0) is 49.8 Å². The summed E-state index contributed by atoms with van der Waals surface area (Å²) in [5, 5.41) is 6.32. The van der Waals surface area contributed by atoms with Crippen LogP contribution in [0.2, 0.25) is 0 Å². The maximum absolute atomic E-state index is 12.4. The molecule has 4 nitrogen and oxygen atoms in total. The minimum Gasteiger partial charge on any atom is -0.375 e. The van der Waals surface area contributed by atoms with E-state index in [1.807, 2.05) is 19.1 Å². The summed E-state index contributed by atoms with van der Waals surface area (Å²) in [5.41, 5.74) is 3.68. The lowest BCUT2D eigenvalue weighted by molar-refractivity contribution is -0.123. The third kappa shape index (κ3) is 3.57. The summed E-state index contributed by atoms with van der Waals surface area (Å²) < 4.78 is 5.54. The van der Waals surface area contributed by atoms with E-state index >= 15 is 0 Å². The van der Waals surface area contributed by atoms with Gasteiger partial charge < -0.3 is 15.4 Å². The van der Waals surface area contributed by atoms with Crippen molar-refractivity contribution in [3.63, 3.8) is 0 Å². The van der Waals surface area contributed by atoms with E-state index < -0.39 is 0 Å². The van der Waals surface area contributed by atoms with Crippen LogP contribution in [0.3, 0.4) is 0 Å². The third-order valence-corrected chi connectivity index (χ3v) is 4.25. The normalized spacial score (nSPS) is 24.6. The van der Waals surface area contributed by atoms with Gasteiger partial charge >= 0.3 is 0 Å². The molecule has 3 rings (SSSR count). The molecule has 2 aliphatic rings. The van der Waals surface area contributed by atoms with Gasteiger partial charge in [0.1, 0.15) is 6.04 Å². The first kappa shape index (κ1) is 16.3. The molecule has 1 aliphatic heterocycles. The Kier molecular flexibility index (Phi) is 5.62. The van der Waals surface area contributed by atoms with Crippen LogP contribution in [0.1, 0.15) is 30.9 Å². The molecule has 0 aromatic heterocycles. The summed E-state index contributed by atoms with van der Waals surface area (Å²) in [6.45, 7) is 3.35. The van der Waals surface area contributed by atoms with E-state index in [2.05, 4.69) is 16.7 Å². The number of amides is 1. The van der Waals surface area contributed by atoms with Crippen molar-refractivity contribution in [2.24, 2.45) is 0 Å². The number of fused-ring (bicyclic) bond motifs is 1. The SMILES string of the molecule is C[C@H]1OCCN[C@@H]1C(=O)Nc1cccc2c1CCCC2.Cl. The standard InChI is InChI=1S/C16H22N2O2.ClH/c1-11-15(17-9-10-20-11)16(19)18-14-8-4-6-12-5-2-3-7-13(12)14;/h4,6,8,11,15,17H,2-3,5,7,9-10H2,1H3,(H,18,19);1H/t11-,15+;/m1./s1. The van der Waals surface area contributed by atoms with Gasteiger partial charge in [0.15, 0.2) is 0 Å². The number of ether oxygens (including phenoxy) is 1. The Hall–Kier alpha value is -1.10. The highest BCUT2D eigenvalue weighted by atomic mass is 35.5. The molecule has 1 fully saturated rings. The summed E-state index contributed by atoms with van der Waals surface area (Å²) in [6, 6.07) is 5.96. The Morgan fingerprint density at radius 3 is 2.95 bits per heavy atom. The number of carbonyl (C=O) groups excluding carboxylic acids is 1. The van der Waals surface area contributed by atoms with Crippen molar-refractivity contribution < 1.29 is 9.53 Å². The average Bonchev–Trinajstić information content (AvgIpc) is 2.48. The fraction of sp³-hybridized carbons (Fsp3) is 0.562. The molecule has 0 saturated carbocycles. The van der Waals surface area contributed by atoms with E-state index in [1.165, 1.54) is 24.0 Å². The van der Waals surface area contributed by atoms with Crippen LogP contribution in [0.15, 0.2) is 18.2 Å². The van der Waals surface area contributed by atoms with Gasteiger partial charge in [0.25, 0.3) is 0 Å². The topological polar surface area (TPSA) is 50.4 Å². The minimum absolute atomic E-state index is 0. The number of nitrogens with one attached hydrogen (secondary N) is 2. The lowest BCUT2D eigenvalue weighted by Crippen LogP contribution is -2.53. The highest BCUT2D eigenvalue weighted by molar-refractivity contribution is 5.96. The van der Waals surface area contributed by atoms with Crippen LogP contribution in [0.5, 0.6) is 0 Å². The fourth-order valence-corrected chi connectivity index (χ4v) is 3.14. The Balaban J connectivity index is 0.00000161. The molecule has 0 bridgehead atoms. The zero-order valence-electron chi connectivity index (χ0n) is 12.4. The van der Waals surface area contributed by atoms with Crippen molar-refractivity contribution in [3.8, 4) is 0 Å². The van der Waals surface area contributed by atoms with Crippen molar-refractivity contribution in [2.75, 3.05) is 18.5 Å². The van der Waals surface area contributed by atoms with Gasteiger partial charge in [0.05, 0.1) is 12.7 Å². The van der Waals surface area contributed by atoms with Gasteiger partial charge in [-0.1, -0.05) is 12.1 Å². The molecule has 2 atom stereocenters. The summed E-state index contributed by atoms with van der Waals surface area (Å²) >= 11 is 0. The van der Waals surface area contributed by atoms with Crippen LogP contribution < -0.4 is 10.6 Å². The zero-order valence-corrected chi connectivity index (χ0v) is 13.2. The van der Waals surface area contributed by atoms with Gasteiger partial charge in [-0.25, -0.2) is 0 Å². The third-order valence-electron chi connectivity index (χ3n) is 4.25. The molecule has 1 saturated heterocycles. The highest BCUT2D eigenvalue weighted by Crippen LogP contribution is 2.28. The Morgan fingerprint density at radius 2 is 2.14 bits per heavy atom. The van der Waals surface area contributed by atoms with Crippen LogP contribution >= 0.6 is 12.4 Å². The molecule has 0 unspecified atom stereocenters. The summed E-state index contributed by atoms with van der Waals surface area (Å²) in [6.07, 6.45) is 4.57. The van der Waals surface area contributed by atoms with Crippen LogP contribution in [0, 0.1) is 0 Å². The predicted molar refractivity (Wildman–Crippen MR) is 86.2 cm³/mol. The van der Waals surface area contributed by atoms with E-state index in [1.54, 1.807) is 0 Å². The predicted octanol–water partition coefficient (Wildman–Crippen LogP) is 2.30. The number of anilines is 1. The number of halogens is 1. The fourth-order valence-electron chi connectivity index (χ4n) is 3.14. The molecule has 1 heterocycles. The summed E-state index contributed by atoms with van der Waals surface area (Å²) in [5.74, 6) is 0.0103. The molecule has 0 radical (unpaired) electrons. The number of hydrogen-bond acceptors (Lipinski definition) is 3. The molecule has 5 heteroatoms. The Bertz CT molecular complexity index is 507. The van der Waals surface area contributed by atoms with Gasteiger partial charge in [-0.3, -0.25) is 4.79 Å². The molecule has 1 amide bonds. The first-order valence-electron chi connectivity index (χ1n) is 7.52. The van der Waals surface area contributed by atoms with Gasteiger partial charge in [-0.15, -0.1) is 12.4 Å². The molecule has 116 valence electrons. The zero-order chi connectivity index (χ0) is 13.9. The van der Waals surface area contributed by atoms with Crippen LogP contribution in [0.25, 0.3) is 0 Å². The van der Waals surface area contributed by atoms with Crippen molar-refractivity contribution >= 4 is 24.0 Å². The molecule has 1 aliphatic carbocycles. The maximum atomic E-state index is 12.4. The van der Waals surface area contributed by atoms with Crippen molar-refractivity contribution in [3.05, 3.63) is 29.3 Å². The second-order valence-electron chi connectivity index (χ2n) is 5.65. The van der Waals surface area contributed by atoms with Crippen molar-refractivity contribution in [2.45, 2.75) is 44.8 Å². The molecular formula is C16H23ClN2O2. The number of morpholine rings is 1. The van der Waals surface area contributed by atoms with Crippen LogP contribution in [0.4, 0.5) is 5.69 Å². The van der Waals surface area contributed by atoms with Gasteiger partial charge in [0.2, 0.25) is 5.91 Å². The number of benzene rings is 1. The quantitative estimate of drug-likeness (QED) is 0.881. The molecule has 21 heavy (non-hydrogen) atoms. The van der Waals surface area contributed by atoms with Crippen LogP contribution in [-0.4, -0.2) is 31.2 Å². The minimum atomic E-state index is -0.261. The number of aryl methyl sites for hydroxylation is 1. The van der Waals surface area contributed by atoms with E-state index in [-0.39, 0.29) is 30.5 Å². The number of hydrogen-bond donors (Lipinski definition) is 2.